The van der Waals surface area contributed by atoms with E-state index in [-0.39, 0.29) is 18.2 Å². The number of carbonyl (C=O) groups is 1. The Kier molecular flexibility index (Phi) is 3.58. The molecule has 1 heterocycles. The second kappa shape index (κ2) is 4.88. The quantitative estimate of drug-likeness (QED) is 0.854. The molecule has 0 spiro atoms. The van der Waals surface area contributed by atoms with E-state index in [1.807, 2.05) is 4.57 Å². The molecule has 106 valence electrons. The minimum Gasteiger partial charge on any atom is -0.397 e. The van der Waals surface area contributed by atoms with Crippen LogP contribution in [0.3, 0.4) is 0 Å². The molecule has 1 amide bonds. The SMILES string of the molecule is CN(CCS(C)(=O)=O)C(=O)c1cc(N)cn1C1CC1. The van der Waals surface area contributed by atoms with Gasteiger partial charge in [0.1, 0.15) is 15.5 Å². The molecule has 0 saturated heterocycles. The Hall–Kier alpha value is -1.50. The van der Waals surface area contributed by atoms with Gasteiger partial charge < -0.3 is 15.2 Å². The van der Waals surface area contributed by atoms with Crippen molar-refractivity contribution in [1.29, 1.82) is 0 Å². The summed E-state index contributed by atoms with van der Waals surface area (Å²) in [5.74, 6) is -0.221. The highest BCUT2D eigenvalue weighted by molar-refractivity contribution is 7.90. The van der Waals surface area contributed by atoms with Gasteiger partial charge in [0, 0.05) is 32.1 Å². The highest BCUT2D eigenvalue weighted by atomic mass is 32.2. The molecule has 1 aliphatic carbocycles. The summed E-state index contributed by atoms with van der Waals surface area (Å²) in [5.41, 5.74) is 6.84. The van der Waals surface area contributed by atoms with Gasteiger partial charge in [0.25, 0.3) is 5.91 Å². The molecule has 0 bridgehead atoms. The summed E-state index contributed by atoms with van der Waals surface area (Å²) in [5, 5.41) is 0. The second-order valence-electron chi connectivity index (χ2n) is 5.15. The van der Waals surface area contributed by atoms with Gasteiger partial charge in [0.05, 0.1) is 11.4 Å². The van der Waals surface area contributed by atoms with Crippen LogP contribution in [0.25, 0.3) is 0 Å². The zero-order valence-corrected chi connectivity index (χ0v) is 12.0. The van der Waals surface area contributed by atoms with Crippen molar-refractivity contribution < 1.29 is 13.2 Å². The number of hydrogen-bond donors (Lipinski definition) is 1. The normalized spacial score (nSPS) is 15.5. The average molecular weight is 285 g/mol. The monoisotopic (exact) mass is 285 g/mol. The molecule has 0 aromatic carbocycles. The van der Waals surface area contributed by atoms with E-state index in [0.29, 0.717) is 17.4 Å². The van der Waals surface area contributed by atoms with Gasteiger partial charge in [-0.2, -0.15) is 0 Å². The van der Waals surface area contributed by atoms with Crippen molar-refractivity contribution in [1.82, 2.24) is 9.47 Å². The summed E-state index contributed by atoms with van der Waals surface area (Å²) in [6.07, 6.45) is 5.05. The molecule has 2 rings (SSSR count). The molecule has 2 N–H and O–H groups in total. The lowest BCUT2D eigenvalue weighted by molar-refractivity contribution is 0.0792. The number of sulfone groups is 1. The van der Waals surface area contributed by atoms with Crippen LogP contribution < -0.4 is 5.73 Å². The standard InChI is InChI=1S/C12H19N3O3S/c1-14(5-6-19(2,17)18)12(16)11-7-9(13)8-15(11)10-3-4-10/h7-8,10H,3-6,13H2,1-2H3. The van der Waals surface area contributed by atoms with Crippen molar-refractivity contribution in [3.8, 4) is 0 Å². The maximum absolute atomic E-state index is 12.3. The largest absolute Gasteiger partial charge is 0.397 e. The average Bonchev–Trinajstić information content (AvgIpc) is 3.07. The van der Waals surface area contributed by atoms with Crippen molar-refractivity contribution >= 4 is 21.4 Å². The molecule has 0 atom stereocenters. The topological polar surface area (TPSA) is 85.4 Å². The first-order valence-electron chi connectivity index (χ1n) is 6.18. The summed E-state index contributed by atoms with van der Waals surface area (Å²) >= 11 is 0. The van der Waals surface area contributed by atoms with Gasteiger partial charge in [-0.25, -0.2) is 8.42 Å². The van der Waals surface area contributed by atoms with Crippen molar-refractivity contribution in [2.75, 3.05) is 31.3 Å². The molecule has 7 heteroatoms. The molecule has 1 saturated carbocycles. The molecule has 19 heavy (non-hydrogen) atoms. The molecular formula is C12H19N3O3S. The van der Waals surface area contributed by atoms with E-state index < -0.39 is 9.84 Å². The summed E-state index contributed by atoms with van der Waals surface area (Å²) in [6.45, 7) is 0.188. The Bertz CT molecular complexity index is 587. The summed E-state index contributed by atoms with van der Waals surface area (Å²) < 4.78 is 24.1. The molecule has 0 radical (unpaired) electrons. The van der Waals surface area contributed by atoms with Crippen LogP contribution in [0.1, 0.15) is 29.4 Å². The van der Waals surface area contributed by atoms with Gasteiger partial charge in [0.15, 0.2) is 0 Å². The lowest BCUT2D eigenvalue weighted by atomic mass is 10.3. The third-order valence-electron chi connectivity index (χ3n) is 3.17. The first kappa shape index (κ1) is 13.9. The maximum Gasteiger partial charge on any atom is 0.270 e. The van der Waals surface area contributed by atoms with Gasteiger partial charge in [-0.1, -0.05) is 0 Å². The van der Waals surface area contributed by atoms with Gasteiger partial charge in [0.2, 0.25) is 0 Å². The van der Waals surface area contributed by atoms with E-state index in [1.54, 1.807) is 19.3 Å². The van der Waals surface area contributed by atoms with Crippen molar-refractivity contribution in [3.05, 3.63) is 18.0 Å². The zero-order valence-electron chi connectivity index (χ0n) is 11.2. The predicted octanol–water partition coefficient (Wildman–Crippen LogP) is 0.522. The molecule has 1 aliphatic rings. The molecule has 1 aromatic heterocycles. The van der Waals surface area contributed by atoms with Crippen LogP contribution in [0.15, 0.2) is 12.3 Å². The Labute approximate surface area is 113 Å². The predicted molar refractivity (Wildman–Crippen MR) is 73.8 cm³/mol. The minimum atomic E-state index is -3.07. The fourth-order valence-corrected chi connectivity index (χ4v) is 2.53. The lowest BCUT2D eigenvalue weighted by Gasteiger charge is -2.17. The van der Waals surface area contributed by atoms with Crippen LogP contribution in [-0.4, -0.2) is 49.4 Å². The van der Waals surface area contributed by atoms with Crippen LogP contribution in [-0.2, 0) is 9.84 Å². The number of aromatic nitrogens is 1. The second-order valence-corrected chi connectivity index (χ2v) is 7.41. The summed E-state index contributed by atoms with van der Waals surface area (Å²) in [4.78, 5) is 13.7. The van der Waals surface area contributed by atoms with E-state index in [9.17, 15) is 13.2 Å². The fraction of sp³-hybridized carbons (Fsp3) is 0.583. The van der Waals surface area contributed by atoms with Crippen molar-refractivity contribution in [2.24, 2.45) is 0 Å². The minimum absolute atomic E-state index is 0.0329. The van der Waals surface area contributed by atoms with Crippen LogP contribution in [0.4, 0.5) is 5.69 Å². The van der Waals surface area contributed by atoms with Crippen LogP contribution >= 0.6 is 0 Å². The molecule has 0 aliphatic heterocycles. The van der Waals surface area contributed by atoms with Crippen LogP contribution in [0.5, 0.6) is 0 Å². The third-order valence-corrected chi connectivity index (χ3v) is 4.10. The molecular weight excluding hydrogens is 266 g/mol. The third kappa shape index (κ3) is 3.50. The van der Waals surface area contributed by atoms with Gasteiger partial charge >= 0.3 is 0 Å². The number of hydrogen-bond acceptors (Lipinski definition) is 4. The van der Waals surface area contributed by atoms with Crippen LogP contribution in [0.2, 0.25) is 0 Å². The number of nitrogens with zero attached hydrogens (tertiary/aromatic N) is 2. The van der Waals surface area contributed by atoms with E-state index in [2.05, 4.69) is 0 Å². The van der Waals surface area contributed by atoms with Crippen molar-refractivity contribution in [2.45, 2.75) is 18.9 Å². The highest BCUT2D eigenvalue weighted by Gasteiger charge is 2.28. The van der Waals surface area contributed by atoms with Gasteiger partial charge in [-0.15, -0.1) is 0 Å². The Balaban J connectivity index is 2.10. The Morgan fingerprint density at radius 1 is 1.53 bits per heavy atom. The Morgan fingerprint density at radius 3 is 2.68 bits per heavy atom. The van der Waals surface area contributed by atoms with E-state index in [1.165, 1.54) is 4.90 Å². The first-order valence-corrected chi connectivity index (χ1v) is 8.24. The van der Waals surface area contributed by atoms with Crippen molar-refractivity contribution in [3.63, 3.8) is 0 Å². The number of rotatable bonds is 5. The highest BCUT2D eigenvalue weighted by Crippen LogP contribution is 2.37. The molecule has 1 fully saturated rings. The zero-order chi connectivity index (χ0) is 14.2. The van der Waals surface area contributed by atoms with Crippen LogP contribution in [0, 0.1) is 0 Å². The molecule has 1 aromatic rings. The smallest absolute Gasteiger partial charge is 0.270 e. The maximum atomic E-state index is 12.3. The number of amides is 1. The van der Waals surface area contributed by atoms with E-state index in [4.69, 9.17) is 5.73 Å². The number of carbonyl (C=O) groups excluding carboxylic acids is 1. The van der Waals surface area contributed by atoms with Gasteiger partial charge in [-0.05, 0) is 18.9 Å². The number of nitrogen functional groups attached to an aromatic ring is 1. The number of nitrogens with two attached hydrogens (primary N) is 1. The van der Waals surface area contributed by atoms with Gasteiger partial charge in [-0.3, -0.25) is 4.79 Å². The molecule has 6 nitrogen and oxygen atoms in total. The summed E-state index contributed by atoms with van der Waals surface area (Å²) in [6, 6.07) is 2.01. The lowest BCUT2D eigenvalue weighted by Crippen LogP contribution is -2.32. The summed E-state index contributed by atoms with van der Waals surface area (Å²) in [7, 11) is -1.46. The number of anilines is 1. The fourth-order valence-electron chi connectivity index (χ4n) is 1.93. The van der Waals surface area contributed by atoms with E-state index >= 15 is 0 Å². The Morgan fingerprint density at radius 2 is 2.16 bits per heavy atom. The van der Waals surface area contributed by atoms with E-state index in [0.717, 1.165) is 19.1 Å². The first-order chi connectivity index (χ1) is 8.78. The molecule has 0 unspecified atom stereocenters.